The van der Waals surface area contributed by atoms with Gasteiger partial charge in [-0.15, -0.1) is 0 Å². The maximum absolute atomic E-state index is 14.2. The fourth-order valence-corrected chi connectivity index (χ4v) is 4.12. The number of rotatable bonds is 2. The lowest BCUT2D eigenvalue weighted by molar-refractivity contribution is 0.0785. The molecule has 0 fully saturated rings. The van der Waals surface area contributed by atoms with Crippen LogP contribution in [0.25, 0.3) is 0 Å². The third-order valence-corrected chi connectivity index (χ3v) is 5.73. The van der Waals surface area contributed by atoms with Crippen molar-refractivity contribution >= 4 is 17.4 Å². The van der Waals surface area contributed by atoms with Crippen LogP contribution in [0.3, 0.4) is 0 Å². The summed E-state index contributed by atoms with van der Waals surface area (Å²) in [6.45, 7) is 2.32. The van der Waals surface area contributed by atoms with E-state index in [0.717, 1.165) is 11.3 Å². The van der Waals surface area contributed by atoms with Gasteiger partial charge < -0.3 is 20.9 Å². The van der Waals surface area contributed by atoms with Crippen LogP contribution in [0.2, 0.25) is 0 Å². The van der Waals surface area contributed by atoms with Crippen LogP contribution in [-0.4, -0.2) is 40.6 Å². The van der Waals surface area contributed by atoms with E-state index in [1.165, 1.54) is 23.9 Å². The fourth-order valence-electron chi connectivity index (χ4n) is 4.12. The predicted molar refractivity (Wildman–Crippen MR) is 98.7 cm³/mol. The minimum absolute atomic E-state index is 0.262. The van der Waals surface area contributed by atoms with Crippen LogP contribution in [0.1, 0.15) is 41.4 Å². The number of aryl methyl sites for hydroxylation is 1. The summed E-state index contributed by atoms with van der Waals surface area (Å²) in [5.41, 5.74) is 7.84. The molecule has 1 aliphatic heterocycles. The van der Waals surface area contributed by atoms with E-state index in [4.69, 9.17) is 10.5 Å². The number of aliphatic hydroxyl groups is 1. The molecular formula is C19H23FN4O3. The molecule has 0 spiro atoms. The Morgan fingerprint density at radius 2 is 2.30 bits per heavy atom. The molecule has 4 N–H and O–H groups in total. The Labute approximate surface area is 156 Å². The summed E-state index contributed by atoms with van der Waals surface area (Å²) in [5, 5.41) is 17.5. The van der Waals surface area contributed by atoms with Crippen molar-refractivity contribution in [2.75, 3.05) is 24.7 Å². The molecule has 2 heterocycles. The number of hydrogen-bond donors (Lipinski definition) is 3. The van der Waals surface area contributed by atoms with E-state index in [9.17, 15) is 14.3 Å². The molecule has 144 valence electrons. The number of halogens is 1. The second-order valence-electron chi connectivity index (χ2n) is 7.46. The lowest BCUT2D eigenvalue weighted by Gasteiger charge is -2.35. The molecule has 2 aromatic rings. The number of fused-ring (bicyclic) bond motifs is 2. The lowest BCUT2D eigenvalue weighted by Crippen LogP contribution is -2.42. The number of ether oxygens (including phenoxy) is 1. The van der Waals surface area contributed by atoms with Gasteiger partial charge in [-0.25, -0.2) is 4.39 Å². The Kier molecular flexibility index (Phi) is 4.10. The Morgan fingerprint density at radius 1 is 1.52 bits per heavy atom. The van der Waals surface area contributed by atoms with E-state index in [2.05, 4.69) is 10.4 Å². The first-order chi connectivity index (χ1) is 12.8. The predicted octanol–water partition coefficient (Wildman–Crippen LogP) is 1.88. The summed E-state index contributed by atoms with van der Waals surface area (Å²) < 4.78 is 20.7. The number of nitrogens with two attached hydrogens (primary N) is 1. The summed E-state index contributed by atoms with van der Waals surface area (Å²) in [7, 11) is 1.47. The number of aromatic nitrogens is 2. The van der Waals surface area contributed by atoms with Gasteiger partial charge >= 0.3 is 0 Å². The van der Waals surface area contributed by atoms with Crippen LogP contribution in [0.15, 0.2) is 12.1 Å². The van der Waals surface area contributed by atoms with Crippen molar-refractivity contribution < 1.29 is 19.0 Å². The minimum Gasteiger partial charge on any atom is -0.494 e. The highest BCUT2D eigenvalue weighted by Crippen LogP contribution is 2.44. The smallest absolute Gasteiger partial charge is 0.259 e. The lowest BCUT2D eigenvalue weighted by atomic mass is 9.75. The van der Waals surface area contributed by atoms with Crippen molar-refractivity contribution in [3.63, 3.8) is 0 Å². The summed E-state index contributed by atoms with van der Waals surface area (Å²) in [6, 6.07) is 2.66. The number of aliphatic hydroxyl groups excluding tert-OH is 1. The Hall–Kier alpha value is -2.61. The van der Waals surface area contributed by atoms with Crippen LogP contribution in [0.4, 0.5) is 15.9 Å². The van der Waals surface area contributed by atoms with Crippen LogP contribution < -0.4 is 15.8 Å². The van der Waals surface area contributed by atoms with E-state index in [0.29, 0.717) is 49.2 Å². The number of benzene rings is 1. The summed E-state index contributed by atoms with van der Waals surface area (Å²) in [5.74, 6) is -0.151. The Morgan fingerprint density at radius 3 is 3.04 bits per heavy atom. The summed E-state index contributed by atoms with van der Waals surface area (Å²) >= 11 is 0. The van der Waals surface area contributed by atoms with Crippen molar-refractivity contribution in [1.82, 2.24) is 9.78 Å². The highest BCUT2D eigenvalue weighted by molar-refractivity contribution is 5.94. The molecule has 1 aromatic carbocycles. The molecule has 4 rings (SSSR count). The van der Waals surface area contributed by atoms with Crippen molar-refractivity contribution in [2.45, 2.75) is 44.1 Å². The summed E-state index contributed by atoms with van der Waals surface area (Å²) in [4.78, 5) is 13.5. The van der Waals surface area contributed by atoms with Crippen molar-refractivity contribution in [1.29, 1.82) is 0 Å². The van der Waals surface area contributed by atoms with Gasteiger partial charge in [0.25, 0.3) is 5.91 Å². The van der Waals surface area contributed by atoms with Gasteiger partial charge in [0, 0.05) is 24.6 Å². The van der Waals surface area contributed by atoms with Gasteiger partial charge in [-0.05, 0) is 37.8 Å². The quantitative estimate of drug-likeness (QED) is 0.742. The van der Waals surface area contributed by atoms with Gasteiger partial charge in [-0.3, -0.25) is 4.79 Å². The monoisotopic (exact) mass is 374 g/mol. The second kappa shape index (κ2) is 6.23. The Balaban J connectivity index is 1.81. The molecule has 0 saturated heterocycles. The van der Waals surface area contributed by atoms with Gasteiger partial charge in [-0.1, -0.05) is 0 Å². The highest BCUT2D eigenvalue weighted by atomic mass is 19.1. The zero-order valence-electron chi connectivity index (χ0n) is 15.4. The third kappa shape index (κ3) is 2.66. The SMILES string of the molecule is COc1cc(F)cc2c1NCCC2(C)C(=O)n1nc2c(c1N)CC(O)CC2. The van der Waals surface area contributed by atoms with Crippen molar-refractivity contribution in [2.24, 2.45) is 0 Å². The molecule has 2 aliphatic rings. The average molecular weight is 374 g/mol. The molecule has 0 amide bonds. The standard InChI is InChI=1S/C19H23FN4O3/c1-19(5-6-22-16-13(19)7-10(20)8-15(16)27-2)18(26)24-17(21)12-9-11(25)3-4-14(12)23-24/h7-8,11,22,25H,3-6,9,21H2,1-2H3. The number of carbonyl (C=O) groups excluding carboxylic acids is 1. The molecule has 2 unspecified atom stereocenters. The zero-order valence-corrected chi connectivity index (χ0v) is 15.4. The van der Waals surface area contributed by atoms with Crippen molar-refractivity contribution in [3.8, 4) is 5.75 Å². The molecule has 1 aliphatic carbocycles. The van der Waals surface area contributed by atoms with E-state index in [1.54, 1.807) is 6.92 Å². The largest absolute Gasteiger partial charge is 0.494 e. The first kappa shape index (κ1) is 17.8. The van der Waals surface area contributed by atoms with E-state index < -0.39 is 17.3 Å². The van der Waals surface area contributed by atoms with Gasteiger partial charge in [0.1, 0.15) is 17.4 Å². The number of nitrogens with one attached hydrogen (secondary N) is 1. The van der Waals surface area contributed by atoms with E-state index in [1.807, 2.05) is 0 Å². The summed E-state index contributed by atoms with van der Waals surface area (Å²) in [6.07, 6.45) is 1.58. The number of hydrogen-bond acceptors (Lipinski definition) is 6. The van der Waals surface area contributed by atoms with Crippen LogP contribution >= 0.6 is 0 Å². The normalized spacial score (nSPS) is 23.9. The van der Waals surface area contributed by atoms with Crippen LogP contribution in [0.5, 0.6) is 5.75 Å². The van der Waals surface area contributed by atoms with Crippen LogP contribution in [-0.2, 0) is 18.3 Å². The molecule has 0 saturated carbocycles. The molecule has 0 bridgehead atoms. The number of methoxy groups -OCH3 is 1. The first-order valence-corrected chi connectivity index (χ1v) is 9.06. The minimum atomic E-state index is -1.00. The fraction of sp³-hybridized carbons (Fsp3) is 0.474. The molecule has 8 heteroatoms. The third-order valence-electron chi connectivity index (χ3n) is 5.73. The average Bonchev–Trinajstić information content (AvgIpc) is 2.97. The molecule has 0 radical (unpaired) electrons. The molecule has 1 aromatic heterocycles. The second-order valence-corrected chi connectivity index (χ2v) is 7.46. The number of anilines is 2. The van der Waals surface area contributed by atoms with Crippen LogP contribution in [0, 0.1) is 5.82 Å². The van der Waals surface area contributed by atoms with Gasteiger partial charge in [0.15, 0.2) is 0 Å². The molecular weight excluding hydrogens is 351 g/mol. The number of nitrogen functional groups attached to an aromatic ring is 1. The molecule has 7 nitrogen and oxygen atoms in total. The van der Waals surface area contributed by atoms with E-state index in [-0.39, 0.29) is 11.7 Å². The maximum Gasteiger partial charge on any atom is 0.259 e. The molecule has 2 atom stereocenters. The van der Waals surface area contributed by atoms with Gasteiger partial charge in [0.05, 0.1) is 30.0 Å². The first-order valence-electron chi connectivity index (χ1n) is 9.06. The van der Waals surface area contributed by atoms with E-state index >= 15 is 0 Å². The number of carbonyl (C=O) groups is 1. The number of nitrogens with zero attached hydrogens (tertiary/aromatic N) is 2. The van der Waals surface area contributed by atoms with Crippen molar-refractivity contribution in [3.05, 3.63) is 34.8 Å². The Bertz CT molecular complexity index is 926. The topological polar surface area (TPSA) is 102 Å². The maximum atomic E-state index is 14.2. The molecule has 27 heavy (non-hydrogen) atoms. The zero-order chi connectivity index (χ0) is 19.3. The van der Waals surface area contributed by atoms with Gasteiger partial charge in [-0.2, -0.15) is 9.78 Å². The highest BCUT2D eigenvalue weighted by Gasteiger charge is 2.43. The van der Waals surface area contributed by atoms with Gasteiger partial charge in [0.2, 0.25) is 0 Å².